The van der Waals surface area contributed by atoms with Gasteiger partial charge in [-0.1, -0.05) is 48.0 Å². The van der Waals surface area contributed by atoms with E-state index in [-0.39, 0.29) is 11.8 Å². The molecule has 178 valence electrons. The van der Waals surface area contributed by atoms with E-state index in [1.165, 1.54) is 4.31 Å². The molecule has 8 heteroatoms. The summed E-state index contributed by atoms with van der Waals surface area (Å²) in [5, 5.41) is 2.63. The molecular formula is C26H28ClN3O3S. The van der Waals surface area contributed by atoms with Crippen molar-refractivity contribution in [2.45, 2.75) is 17.7 Å². The summed E-state index contributed by atoms with van der Waals surface area (Å²) < 4.78 is 28.0. The van der Waals surface area contributed by atoms with Crippen LogP contribution < -0.4 is 4.90 Å². The zero-order valence-electron chi connectivity index (χ0n) is 18.9. The van der Waals surface area contributed by atoms with Crippen molar-refractivity contribution in [3.05, 3.63) is 71.8 Å². The molecule has 3 aromatic rings. The molecular weight excluding hydrogens is 470 g/mol. The number of hydrogen-bond acceptors (Lipinski definition) is 4. The Bertz CT molecular complexity index is 1300. The lowest BCUT2D eigenvalue weighted by molar-refractivity contribution is -0.137. The third-order valence-electron chi connectivity index (χ3n) is 6.93. The van der Waals surface area contributed by atoms with Crippen LogP contribution in [0.15, 0.2) is 71.6 Å². The molecule has 34 heavy (non-hydrogen) atoms. The molecule has 0 bridgehead atoms. The molecule has 6 nitrogen and oxygen atoms in total. The van der Waals surface area contributed by atoms with E-state index in [2.05, 4.69) is 4.90 Å². The van der Waals surface area contributed by atoms with Gasteiger partial charge in [-0.25, -0.2) is 8.42 Å². The Hall–Kier alpha value is -2.61. The normalized spacial score (nSPS) is 18.4. The van der Waals surface area contributed by atoms with Crippen LogP contribution in [0.1, 0.15) is 12.8 Å². The molecule has 2 aliphatic heterocycles. The van der Waals surface area contributed by atoms with Crippen molar-refractivity contribution < 1.29 is 13.2 Å². The molecule has 2 heterocycles. The van der Waals surface area contributed by atoms with Gasteiger partial charge < -0.3 is 9.80 Å². The number of nitrogens with zero attached hydrogens (tertiary/aromatic N) is 3. The number of fused-ring (bicyclic) bond motifs is 1. The highest BCUT2D eigenvalue weighted by atomic mass is 35.5. The second kappa shape index (κ2) is 9.56. The molecule has 0 unspecified atom stereocenters. The first-order valence-corrected chi connectivity index (χ1v) is 13.5. The average molecular weight is 498 g/mol. The second-order valence-electron chi connectivity index (χ2n) is 8.98. The maximum absolute atomic E-state index is 13.2. The first kappa shape index (κ1) is 23.1. The van der Waals surface area contributed by atoms with Gasteiger partial charge in [0.1, 0.15) is 0 Å². The van der Waals surface area contributed by atoms with Gasteiger partial charge in [-0.2, -0.15) is 4.31 Å². The molecule has 0 radical (unpaired) electrons. The highest BCUT2D eigenvalue weighted by Crippen LogP contribution is 2.28. The number of carbonyl (C=O) groups is 1. The third-order valence-corrected chi connectivity index (χ3v) is 9.06. The molecule has 0 aliphatic carbocycles. The molecule has 5 rings (SSSR count). The molecule has 2 saturated heterocycles. The lowest BCUT2D eigenvalue weighted by Crippen LogP contribution is -2.52. The monoisotopic (exact) mass is 497 g/mol. The Kier molecular flexibility index (Phi) is 6.51. The average Bonchev–Trinajstić information content (AvgIpc) is 2.88. The maximum atomic E-state index is 13.2. The first-order valence-electron chi connectivity index (χ1n) is 11.7. The first-order chi connectivity index (χ1) is 16.4. The van der Waals surface area contributed by atoms with E-state index in [1.807, 2.05) is 59.5 Å². The summed E-state index contributed by atoms with van der Waals surface area (Å²) in [5.41, 5.74) is 1.08. The van der Waals surface area contributed by atoms with Crippen LogP contribution in [0.3, 0.4) is 0 Å². The molecule has 0 saturated carbocycles. The fourth-order valence-corrected chi connectivity index (χ4v) is 6.63. The van der Waals surface area contributed by atoms with Crippen LogP contribution in [-0.4, -0.2) is 62.8 Å². The van der Waals surface area contributed by atoms with Crippen molar-refractivity contribution in [3.8, 4) is 0 Å². The minimum atomic E-state index is -3.58. The van der Waals surface area contributed by atoms with E-state index in [9.17, 15) is 13.2 Å². The predicted octanol–water partition coefficient (Wildman–Crippen LogP) is 4.24. The van der Waals surface area contributed by atoms with E-state index in [4.69, 9.17) is 11.6 Å². The highest BCUT2D eigenvalue weighted by molar-refractivity contribution is 7.89. The number of rotatable bonds is 4. The van der Waals surface area contributed by atoms with Gasteiger partial charge in [-0.15, -0.1) is 0 Å². The van der Waals surface area contributed by atoms with Crippen LogP contribution in [0.5, 0.6) is 0 Å². The lowest BCUT2D eigenvalue weighted by atomic mass is 9.96. The van der Waals surface area contributed by atoms with E-state index in [0.717, 1.165) is 29.5 Å². The number of hydrogen-bond donors (Lipinski definition) is 0. The largest absolute Gasteiger partial charge is 0.368 e. The minimum Gasteiger partial charge on any atom is -0.368 e. The Morgan fingerprint density at radius 1 is 0.794 bits per heavy atom. The molecule has 2 fully saturated rings. The van der Waals surface area contributed by atoms with Crippen LogP contribution in [0.4, 0.5) is 5.69 Å². The Balaban J connectivity index is 1.18. The zero-order valence-corrected chi connectivity index (χ0v) is 20.5. The van der Waals surface area contributed by atoms with E-state index >= 15 is 0 Å². The Morgan fingerprint density at radius 2 is 1.50 bits per heavy atom. The van der Waals surface area contributed by atoms with Crippen LogP contribution in [0, 0.1) is 5.92 Å². The van der Waals surface area contributed by atoms with Crippen molar-refractivity contribution in [2.24, 2.45) is 5.92 Å². The van der Waals surface area contributed by atoms with Crippen LogP contribution >= 0.6 is 11.6 Å². The van der Waals surface area contributed by atoms with Crippen molar-refractivity contribution in [2.75, 3.05) is 44.2 Å². The zero-order chi connectivity index (χ0) is 23.7. The van der Waals surface area contributed by atoms with Gasteiger partial charge in [-0.05, 0) is 53.9 Å². The summed E-state index contributed by atoms with van der Waals surface area (Å²) in [6, 6.07) is 20.8. The van der Waals surface area contributed by atoms with Crippen molar-refractivity contribution in [3.63, 3.8) is 0 Å². The van der Waals surface area contributed by atoms with Gasteiger partial charge in [0.15, 0.2) is 0 Å². The molecule has 0 atom stereocenters. The summed E-state index contributed by atoms with van der Waals surface area (Å²) in [4.78, 5) is 17.6. The van der Waals surface area contributed by atoms with Crippen LogP contribution in [-0.2, 0) is 14.8 Å². The second-order valence-corrected chi connectivity index (χ2v) is 11.4. The van der Waals surface area contributed by atoms with Gasteiger partial charge in [0, 0.05) is 55.9 Å². The van der Waals surface area contributed by atoms with E-state index < -0.39 is 10.0 Å². The van der Waals surface area contributed by atoms with Gasteiger partial charge in [0.25, 0.3) is 0 Å². The van der Waals surface area contributed by atoms with E-state index in [1.54, 1.807) is 12.1 Å². The quantitative estimate of drug-likeness (QED) is 0.541. The van der Waals surface area contributed by atoms with Gasteiger partial charge in [0.2, 0.25) is 15.9 Å². The van der Waals surface area contributed by atoms with Gasteiger partial charge in [0.05, 0.1) is 4.90 Å². The Morgan fingerprint density at radius 3 is 2.21 bits per heavy atom. The van der Waals surface area contributed by atoms with Crippen molar-refractivity contribution in [1.29, 1.82) is 0 Å². The summed E-state index contributed by atoms with van der Waals surface area (Å²) in [6.45, 7) is 3.60. The fourth-order valence-electron chi connectivity index (χ4n) is 4.94. The number of benzene rings is 3. The van der Waals surface area contributed by atoms with Gasteiger partial charge in [-0.3, -0.25) is 4.79 Å². The fraction of sp³-hybridized carbons (Fsp3) is 0.346. The number of piperazine rings is 1. The predicted molar refractivity (Wildman–Crippen MR) is 136 cm³/mol. The molecule has 3 aromatic carbocycles. The number of anilines is 1. The van der Waals surface area contributed by atoms with Gasteiger partial charge >= 0.3 is 0 Å². The van der Waals surface area contributed by atoms with Crippen LogP contribution in [0.2, 0.25) is 5.02 Å². The third kappa shape index (κ3) is 4.65. The topological polar surface area (TPSA) is 60.9 Å². The molecule has 0 spiro atoms. The number of piperidine rings is 1. The molecule has 0 N–H and O–H groups in total. The Labute approximate surface area is 205 Å². The number of amides is 1. The number of carbonyl (C=O) groups excluding carboxylic acids is 1. The molecule has 1 amide bonds. The smallest absolute Gasteiger partial charge is 0.243 e. The maximum Gasteiger partial charge on any atom is 0.243 e. The summed E-state index contributed by atoms with van der Waals surface area (Å²) in [7, 11) is -3.58. The summed E-state index contributed by atoms with van der Waals surface area (Å²) in [6.07, 6.45) is 1.11. The number of halogens is 1. The number of sulfonamides is 1. The summed E-state index contributed by atoms with van der Waals surface area (Å²) >= 11 is 6.12. The van der Waals surface area contributed by atoms with Crippen molar-refractivity contribution >= 4 is 44.0 Å². The van der Waals surface area contributed by atoms with Crippen LogP contribution in [0.25, 0.3) is 10.8 Å². The molecule has 0 aromatic heterocycles. The highest BCUT2D eigenvalue weighted by Gasteiger charge is 2.34. The molecule has 2 aliphatic rings. The summed E-state index contributed by atoms with van der Waals surface area (Å²) in [5.74, 6) is 0.0225. The van der Waals surface area contributed by atoms with Crippen molar-refractivity contribution in [1.82, 2.24) is 9.21 Å². The standard InChI is InChI=1S/C26H28ClN3O3S/c27-23-6-3-7-24(19-23)28-14-16-29(17-15-28)26(31)21-10-12-30(13-11-21)34(32,33)25-9-8-20-4-1-2-5-22(20)18-25/h1-9,18-19,21H,10-17H2. The lowest BCUT2D eigenvalue weighted by Gasteiger charge is -2.39. The van der Waals surface area contributed by atoms with E-state index in [0.29, 0.717) is 48.9 Å². The minimum absolute atomic E-state index is 0.124. The SMILES string of the molecule is O=C(C1CCN(S(=O)(=O)c2ccc3ccccc3c2)CC1)N1CCN(c2cccc(Cl)c2)CC1.